The van der Waals surface area contributed by atoms with Crippen LogP contribution in [-0.4, -0.2) is 15.0 Å². The van der Waals surface area contributed by atoms with E-state index in [9.17, 15) is 14.4 Å². The van der Waals surface area contributed by atoms with Crippen molar-refractivity contribution in [2.75, 3.05) is 0 Å². The van der Waals surface area contributed by atoms with Crippen LogP contribution in [0.25, 0.3) is 6.08 Å². The SMILES string of the molecule is Cn1cc(/C=C/C(=O)NCc2ccc(Cl)cc2)c(=O)n(C)c1=O. The second kappa shape index (κ2) is 7.11. The summed E-state index contributed by atoms with van der Waals surface area (Å²) < 4.78 is 2.28. The van der Waals surface area contributed by atoms with Crippen LogP contribution >= 0.6 is 11.6 Å². The summed E-state index contributed by atoms with van der Waals surface area (Å²) in [6.45, 7) is 0.353. The Balaban J connectivity index is 2.06. The highest BCUT2D eigenvalue weighted by Gasteiger charge is 2.04. The molecule has 0 spiro atoms. The number of hydrogen-bond acceptors (Lipinski definition) is 3. The largest absolute Gasteiger partial charge is 0.348 e. The molecule has 0 unspecified atom stereocenters. The molecule has 0 aliphatic carbocycles. The molecule has 23 heavy (non-hydrogen) atoms. The molecule has 1 N–H and O–H groups in total. The normalized spacial score (nSPS) is 10.9. The minimum Gasteiger partial charge on any atom is -0.348 e. The molecule has 2 rings (SSSR count). The number of rotatable bonds is 4. The lowest BCUT2D eigenvalue weighted by Gasteiger charge is -2.04. The summed E-state index contributed by atoms with van der Waals surface area (Å²) in [5.74, 6) is -0.337. The summed E-state index contributed by atoms with van der Waals surface area (Å²) in [6.07, 6.45) is 4.05. The predicted octanol–water partition coefficient (Wildman–Crippen LogP) is 1.07. The molecule has 1 aromatic heterocycles. The molecule has 0 aliphatic rings. The summed E-state index contributed by atoms with van der Waals surface area (Å²) in [5, 5.41) is 3.33. The third-order valence-electron chi connectivity index (χ3n) is 3.27. The highest BCUT2D eigenvalue weighted by atomic mass is 35.5. The Labute approximate surface area is 137 Å². The van der Waals surface area contributed by atoms with E-state index in [-0.39, 0.29) is 11.5 Å². The van der Waals surface area contributed by atoms with Crippen LogP contribution in [0, 0.1) is 0 Å². The summed E-state index contributed by atoms with van der Waals surface area (Å²) >= 11 is 5.79. The maximum absolute atomic E-state index is 11.9. The fourth-order valence-electron chi connectivity index (χ4n) is 1.97. The first-order chi connectivity index (χ1) is 10.9. The van der Waals surface area contributed by atoms with Crippen molar-refractivity contribution in [2.45, 2.75) is 6.54 Å². The van der Waals surface area contributed by atoms with Gasteiger partial charge in [-0.25, -0.2) is 4.79 Å². The van der Waals surface area contributed by atoms with Crippen molar-refractivity contribution >= 4 is 23.6 Å². The molecule has 0 saturated heterocycles. The Morgan fingerprint density at radius 3 is 2.52 bits per heavy atom. The lowest BCUT2D eigenvalue weighted by molar-refractivity contribution is -0.116. The Morgan fingerprint density at radius 2 is 1.87 bits per heavy atom. The summed E-state index contributed by atoms with van der Waals surface area (Å²) in [7, 11) is 2.93. The van der Waals surface area contributed by atoms with Crippen molar-refractivity contribution in [1.29, 1.82) is 0 Å². The van der Waals surface area contributed by atoms with Gasteiger partial charge in [-0.1, -0.05) is 23.7 Å². The van der Waals surface area contributed by atoms with E-state index in [0.29, 0.717) is 11.6 Å². The molecule has 0 bridgehead atoms. The van der Waals surface area contributed by atoms with E-state index in [2.05, 4.69) is 5.32 Å². The highest BCUT2D eigenvalue weighted by Crippen LogP contribution is 2.09. The maximum Gasteiger partial charge on any atom is 0.330 e. The topological polar surface area (TPSA) is 73.1 Å². The molecule has 0 aliphatic heterocycles. The van der Waals surface area contributed by atoms with E-state index >= 15 is 0 Å². The zero-order valence-corrected chi connectivity index (χ0v) is 13.5. The molecule has 1 amide bonds. The van der Waals surface area contributed by atoms with Gasteiger partial charge in [0.1, 0.15) is 0 Å². The van der Waals surface area contributed by atoms with Gasteiger partial charge in [-0.3, -0.25) is 14.2 Å². The average molecular weight is 334 g/mol. The molecule has 0 radical (unpaired) electrons. The van der Waals surface area contributed by atoms with Crippen molar-refractivity contribution in [3.05, 3.63) is 73.5 Å². The first kappa shape index (κ1) is 16.8. The van der Waals surface area contributed by atoms with Crippen LogP contribution in [0.2, 0.25) is 5.02 Å². The van der Waals surface area contributed by atoms with Gasteiger partial charge in [0.05, 0.1) is 5.56 Å². The standard InChI is InChI=1S/C16H16ClN3O3/c1-19-10-12(15(22)20(2)16(19)23)5-8-14(21)18-9-11-3-6-13(17)7-4-11/h3-8,10H,9H2,1-2H3,(H,18,21)/b8-5+. The number of aromatic nitrogens is 2. The Kier molecular flexibility index (Phi) is 5.18. The lowest BCUT2D eigenvalue weighted by atomic mass is 10.2. The molecular formula is C16H16ClN3O3. The van der Waals surface area contributed by atoms with Crippen molar-refractivity contribution in [2.24, 2.45) is 14.1 Å². The smallest absolute Gasteiger partial charge is 0.330 e. The lowest BCUT2D eigenvalue weighted by Crippen LogP contribution is -2.37. The average Bonchev–Trinajstić information content (AvgIpc) is 2.54. The van der Waals surface area contributed by atoms with E-state index in [4.69, 9.17) is 11.6 Å². The van der Waals surface area contributed by atoms with E-state index in [0.717, 1.165) is 10.1 Å². The molecule has 0 fully saturated rings. The van der Waals surface area contributed by atoms with Gasteiger partial charge in [0.2, 0.25) is 5.91 Å². The van der Waals surface area contributed by atoms with Gasteiger partial charge in [0.15, 0.2) is 0 Å². The van der Waals surface area contributed by atoms with E-state index in [1.165, 1.54) is 30.0 Å². The second-order valence-corrected chi connectivity index (χ2v) is 5.46. The van der Waals surface area contributed by atoms with Crippen molar-refractivity contribution in [3.63, 3.8) is 0 Å². The van der Waals surface area contributed by atoms with E-state index in [1.54, 1.807) is 19.2 Å². The van der Waals surface area contributed by atoms with Gasteiger partial charge in [0.25, 0.3) is 5.56 Å². The van der Waals surface area contributed by atoms with Crippen molar-refractivity contribution < 1.29 is 4.79 Å². The fourth-order valence-corrected chi connectivity index (χ4v) is 2.09. The van der Waals surface area contributed by atoms with Gasteiger partial charge < -0.3 is 9.88 Å². The minimum absolute atomic E-state index is 0.260. The molecule has 2 aromatic rings. The molecule has 7 heteroatoms. The van der Waals surface area contributed by atoms with Crippen LogP contribution in [-0.2, 0) is 25.4 Å². The monoisotopic (exact) mass is 333 g/mol. The number of carbonyl (C=O) groups is 1. The zero-order valence-electron chi connectivity index (χ0n) is 12.7. The number of amides is 1. The van der Waals surface area contributed by atoms with E-state index < -0.39 is 11.2 Å². The Hall–Kier alpha value is -2.60. The number of halogens is 1. The van der Waals surface area contributed by atoms with Crippen molar-refractivity contribution in [1.82, 2.24) is 14.5 Å². The number of carbonyl (C=O) groups excluding carboxylic acids is 1. The quantitative estimate of drug-likeness (QED) is 0.851. The van der Waals surface area contributed by atoms with Crippen molar-refractivity contribution in [3.8, 4) is 0 Å². The molecular weight excluding hydrogens is 318 g/mol. The van der Waals surface area contributed by atoms with Gasteiger partial charge in [-0.15, -0.1) is 0 Å². The van der Waals surface area contributed by atoms with Crippen LogP contribution in [0.15, 0.2) is 46.1 Å². The summed E-state index contributed by atoms with van der Waals surface area (Å²) in [4.78, 5) is 35.3. The molecule has 0 saturated carbocycles. The first-order valence-corrected chi connectivity index (χ1v) is 7.23. The predicted molar refractivity (Wildman–Crippen MR) is 89.3 cm³/mol. The van der Waals surface area contributed by atoms with Gasteiger partial charge in [-0.05, 0) is 23.8 Å². The van der Waals surface area contributed by atoms with Crippen LogP contribution in [0.5, 0.6) is 0 Å². The molecule has 120 valence electrons. The van der Waals surface area contributed by atoms with Gasteiger partial charge in [0, 0.05) is 37.9 Å². The third kappa shape index (κ3) is 4.20. The minimum atomic E-state index is -0.449. The second-order valence-electron chi connectivity index (χ2n) is 5.02. The van der Waals surface area contributed by atoms with Crippen LogP contribution in [0.3, 0.4) is 0 Å². The van der Waals surface area contributed by atoms with E-state index in [1.807, 2.05) is 12.1 Å². The van der Waals surface area contributed by atoms with Crippen LogP contribution in [0.1, 0.15) is 11.1 Å². The zero-order chi connectivity index (χ0) is 17.0. The highest BCUT2D eigenvalue weighted by molar-refractivity contribution is 6.30. The molecule has 0 atom stereocenters. The number of nitrogens with zero attached hydrogens (tertiary/aromatic N) is 2. The van der Waals surface area contributed by atoms with Crippen LogP contribution < -0.4 is 16.6 Å². The molecule has 1 aromatic carbocycles. The van der Waals surface area contributed by atoms with Gasteiger partial charge in [-0.2, -0.15) is 0 Å². The Bertz CT molecular complexity index is 864. The third-order valence-corrected chi connectivity index (χ3v) is 3.52. The van der Waals surface area contributed by atoms with Gasteiger partial charge >= 0.3 is 5.69 Å². The number of nitrogens with one attached hydrogen (secondary N) is 1. The number of benzene rings is 1. The summed E-state index contributed by atoms with van der Waals surface area (Å²) in [6, 6.07) is 7.12. The molecule has 1 heterocycles. The number of hydrogen-bond donors (Lipinski definition) is 1. The maximum atomic E-state index is 11.9. The molecule has 6 nitrogen and oxygen atoms in total. The summed E-state index contributed by atoms with van der Waals surface area (Å²) in [5.41, 5.74) is 0.305. The fraction of sp³-hybridized carbons (Fsp3) is 0.188. The first-order valence-electron chi connectivity index (χ1n) is 6.85. The van der Waals surface area contributed by atoms with Crippen LogP contribution in [0.4, 0.5) is 0 Å². The Morgan fingerprint density at radius 1 is 1.22 bits per heavy atom. The number of aryl methyl sites for hydroxylation is 1.